The molecule has 0 aliphatic carbocycles. The van der Waals surface area contributed by atoms with Crippen LogP contribution in [0.3, 0.4) is 0 Å². The number of aryl methyl sites for hydroxylation is 3. The molecule has 0 fully saturated rings. The summed E-state index contributed by atoms with van der Waals surface area (Å²) in [7, 11) is -1.74. The number of benzene rings is 1. The fraction of sp³-hybridized carbons (Fsp3) is 0.333. The molecule has 1 N–H and O–H groups in total. The number of hydrogen-bond donors (Lipinski definition) is 1. The topological polar surface area (TPSA) is 89.2 Å². The second-order valence-electron chi connectivity index (χ2n) is 7.48. The van der Waals surface area contributed by atoms with Gasteiger partial charge in [-0.05, 0) is 44.0 Å². The van der Waals surface area contributed by atoms with Crippen LogP contribution in [0.15, 0.2) is 42.6 Å². The molecule has 0 bridgehead atoms. The van der Waals surface area contributed by atoms with Gasteiger partial charge in [-0.3, -0.25) is 13.8 Å². The van der Waals surface area contributed by atoms with E-state index in [4.69, 9.17) is 0 Å². The van der Waals surface area contributed by atoms with E-state index in [9.17, 15) is 13.2 Å². The number of hydrogen-bond acceptors (Lipinski definition) is 4. The molecule has 1 amide bonds. The summed E-state index contributed by atoms with van der Waals surface area (Å²) in [4.78, 5) is 12.8. The largest absolute Gasteiger partial charge is 0.351 e. The summed E-state index contributed by atoms with van der Waals surface area (Å²) >= 11 is 0. The molecular formula is C21H25N5O3S. The lowest BCUT2D eigenvalue weighted by molar-refractivity contribution is 0.0956. The zero-order valence-corrected chi connectivity index (χ0v) is 18.1. The van der Waals surface area contributed by atoms with Crippen molar-refractivity contribution in [3.05, 3.63) is 65.1 Å². The minimum atomic E-state index is -3.52. The molecule has 158 valence electrons. The lowest BCUT2D eigenvalue weighted by Crippen LogP contribution is -2.37. The van der Waals surface area contributed by atoms with Crippen LogP contribution in [0.25, 0.3) is 5.82 Å². The van der Waals surface area contributed by atoms with Crippen LogP contribution in [-0.2, 0) is 23.5 Å². The molecule has 3 heterocycles. The lowest BCUT2D eigenvalue weighted by Gasteiger charge is -2.19. The Kier molecular flexibility index (Phi) is 5.15. The van der Waals surface area contributed by atoms with Gasteiger partial charge in [-0.15, -0.1) is 0 Å². The smallest absolute Gasteiger partial charge is 0.256 e. The number of para-hydroxylation sites is 1. The first-order valence-electron chi connectivity index (χ1n) is 9.83. The van der Waals surface area contributed by atoms with Crippen LogP contribution in [0.4, 0.5) is 5.69 Å². The van der Waals surface area contributed by atoms with Gasteiger partial charge in [0.05, 0.1) is 17.6 Å². The van der Waals surface area contributed by atoms with Gasteiger partial charge < -0.3 is 9.88 Å². The molecule has 0 radical (unpaired) electrons. The molecule has 0 unspecified atom stereocenters. The van der Waals surface area contributed by atoms with Crippen LogP contribution < -0.4 is 9.62 Å². The molecule has 8 nitrogen and oxygen atoms in total. The summed E-state index contributed by atoms with van der Waals surface area (Å²) in [5, 5.41) is 6.97. The maximum atomic E-state index is 12.8. The number of nitrogens with one attached hydrogen (secondary N) is 1. The minimum absolute atomic E-state index is 0.0256. The number of amides is 1. The van der Waals surface area contributed by atoms with Crippen molar-refractivity contribution < 1.29 is 13.2 Å². The zero-order valence-electron chi connectivity index (χ0n) is 17.3. The van der Waals surface area contributed by atoms with Crippen LogP contribution in [-0.4, -0.2) is 47.5 Å². The van der Waals surface area contributed by atoms with Crippen molar-refractivity contribution >= 4 is 21.6 Å². The van der Waals surface area contributed by atoms with Crippen LogP contribution >= 0.6 is 0 Å². The third-order valence-electron chi connectivity index (χ3n) is 5.46. The molecule has 3 aromatic rings. The fourth-order valence-corrected chi connectivity index (χ4v) is 5.38. The van der Waals surface area contributed by atoms with E-state index < -0.39 is 10.0 Å². The number of sulfonamides is 1. The second kappa shape index (κ2) is 7.64. The number of carbonyl (C=O) groups excluding carboxylic acids is 1. The monoisotopic (exact) mass is 427 g/mol. The SMILES string of the molecule is Cc1ccc(C)n1-c1c(C(=O)NCCS(=O)(=O)N2CCc3ccccc32)cnn1C. The van der Waals surface area contributed by atoms with Crippen molar-refractivity contribution in [1.82, 2.24) is 19.7 Å². The molecule has 0 saturated heterocycles. The predicted molar refractivity (Wildman–Crippen MR) is 116 cm³/mol. The van der Waals surface area contributed by atoms with Gasteiger partial charge >= 0.3 is 0 Å². The minimum Gasteiger partial charge on any atom is -0.351 e. The van der Waals surface area contributed by atoms with Gasteiger partial charge in [-0.1, -0.05) is 18.2 Å². The average molecular weight is 428 g/mol. The number of rotatable bonds is 6. The molecule has 1 aliphatic heterocycles. The Labute approximate surface area is 176 Å². The van der Waals surface area contributed by atoms with Gasteiger partial charge in [0, 0.05) is 31.5 Å². The van der Waals surface area contributed by atoms with E-state index in [0.29, 0.717) is 24.3 Å². The van der Waals surface area contributed by atoms with Crippen LogP contribution in [0.5, 0.6) is 0 Å². The molecule has 9 heteroatoms. The summed E-state index contributed by atoms with van der Waals surface area (Å²) in [5.74, 6) is 0.149. The number of aromatic nitrogens is 3. The van der Waals surface area contributed by atoms with Crippen molar-refractivity contribution in [3.63, 3.8) is 0 Å². The highest BCUT2D eigenvalue weighted by molar-refractivity contribution is 7.92. The highest BCUT2D eigenvalue weighted by Gasteiger charge is 2.29. The highest BCUT2D eigenvalue weighted by Crippen LogP contribution is 2.29. The Bertz CT molecular complexity index is 1190. The average Bonchev–Trinajstić information content (AvgIpc) is 3.39. The predicted octanol–water partition coefficient (Wildman–Crippen LogP) is 1.95. The van der Waals surface area contributed by atoms with E-state index in [1.807, 2.05) is 54.8 Å². The van der Waals surface area contributed by atoms with Crippen molar-refractivity contribution in [1.29, 1.82) is 0 Å². The van der Waals surface area contributed by atoms with Crippen LogP contribution in [0.2, 0.25) is 0 Å². The first-order valence-corrected chi connectivity index (χ1v) is 11.4. The van der Waals surface area contributed by atoms with Gasteiger partial charge in [0.15, 0.2) is 0 Å². The van der Waals surface area contributed by atoms with Crippen LogP contribution in [0.1, 0.15) is 27.3 Å². The molecule has 0 spiro atoms. The van der Waals surface area contributed by atoms with E-state index >= 15 is 0 Å². The van der Waals surface area contributed by atoms with Crippen LogP contribution in [0, 0.1) is 13.8 Å². The standard InChI is InChI=1S/C21H25N5O3S/c1-15-8-9-16(2)26(15)21-18(14-23-24(21)3)20(27)22-11-13-30(28,29)25-12-10-17-6-4-5-7-19(17)25/h4-9,14H,10-13H2,1-3H3,(H,22,27). The molecule has 4 rings (SSSR count). The lowest BCUT2D eigenvalue weighted by atomic mass is 10.2. The first kappa shape index (κ1) is 20.2. The number of carbonyl (C=O) groups is 1. The van der Waals surface area contributed by atoms with E-state index in [-0.39, 0.29) is 18.2 Å². The number of nitrogens with zero attached hydrogens (tertiary/aromatic N) is 4. The summed E-state index contributed by atoms with van der Waals surface area (Å²) < 4.78 is 30.7. The Morgan fingerprint density at radius 1 is 1.13 bits per heavy atom. The molecular weight excluding hydrogens is 402 g/mol. The Hall–Kier alpha value is -3.07. The molecule has 2 aromatic heterocycles. The third-order valence-corrected chi connectivity index (χ3v) is 7.23. The van der Waals surface area contributed by atoms with Gasteiger partial charge in [0.25, 0.3) is 5.91 Å². The van der Waals surface area contributed by atoms with Gasteiger partial charge in [0.2, 0.25) is 10.0 Å². The number of fused-ring (bicyclic) bond motifs is 1. The molecule has 0 saturated carbocycles. The Morgan fingerprint density at radius 3 is 2.57 bits per heavy atom. The molecule has 1 aromatic carbocycles. The van der Waals surface area contributed by atoms with Gasteiger partial charge in [0.1, 0.15) is 11.4 Å². The van der Waals surface area contributed by atoms with Gasteiger partial charge in [-0.2, -0.15) is 5.10 Å². The van der Waals surface area contributed by atoms with Crippen molar-refractivity contribution in [2.24, 2.45) is 7.05 Å². The summed E-state index contributed by atoms with van der Waals surface area (Å²) in [5.41, 5.74) is 4.14. The van der Waals surface area contributed by atoms with Crippen molar-refractivity contribution in [2.45, 2.75) is 20.3 Å². The summed E-state index contributed by atoms with van der Waals surface area (Å²) in [6.07, 6.45) is 2.21. The first-order chi connectivity index (χ1) is 14.3. The zero-order chi connectivity index (χ0) is 21.5. The van der Waals surface area contributed by atoms with Crippen molar-refractivity contribution in [3.8, 4) is 5.82 Å². The fourth-order valence-electron chi connectivity index (χ4n) is 3.95. The maximum absolute atomic E-state index is 12.8. The van der Waals surface area contributed by atoms with E-state index in [1.54, 1.807) is 11.7 Å². The highest BCUT2D eigenvalue weighted by atomic mass is 32.2. The second-order valence-corrected chi connectivity index (χ2v) is 9.49. The van der Waals surface area contributed by atoms with Gasteiger partial charge in [-0.25, -0.2) is 8.42 Å². The number of anilines is 1. The maximum Gasteiger partial charge on any atom is 0.256 e. The Morgan fingerprint density at radius 2 is 1.83 bits per heavy atom. The quantitative estimate of drug-likeness (QED) is 0.651. The van der Waals surface area contributed by atoms with E-state index in [0.717, 1.165) is 22.6 Å². The molecule has 30 heavy (non-hydrogen) atoms. The summed E-state index contributed by atoms with van der Waals surface area (Å²) in [6, 6.07) is 11.5. The molecule has 0 atom stereocenters. The van der Waals surface area contributed by atoms with E-state index in [1.165, 1.54) is 10.5 Å². The normalized spacial score (nSPS) is 13.5. The van der Waals surface area contributed by atoms with E-state index in [2.05, 4.69) is 10.4 Å². The summed E-state index contributed by atoms with van der Waals surface area (Å²) in [6.45, 7) is 4.39. The third kappa shape index (κ3) is 3.49. The van der Waals surface area contributed by atoms with Crippen molar-refractivity contribution in [2.75, 3.05) is 23.1 Å². The molecule has 1 aliphatic rings. The Balaban J connectivity index is 1.47.